The summed E-state index contributed by atoms with van der Waals surface area (Å²) in [6.45, 7) is 11.2. The molecule has 11 heavy (non-hydrogen) atoms. The molecule has 0 aliphatic rings. The maximum atomic E-state index is 5.70. The van der Waals surface area contributed by atoms with Crippen molar-refractivity contribution >= 4 is 8.32 Å². The van der Waals surface area contributed by atoms with Crippen LogP contribution in [-0.4, -0.2) is 14.9 Å². The van der Waals surface area contributed by atoms with Crippen LogP contribution in [0.4, 0.5) is 0 Å². The zero-order valence-electron chi connectivity index (χ0n) is 8.02. The smallest absolute Gasteiger partial charge is 0.213 e. The van der Waals surface area contributed by atoms with Crippen LogP contribution >= 0.6 is 0 Å². The van der Waals surface area contributed by atoms with Gasteiger partial charge in [0.2, 0.25) is 8.32 Å². The van der Waals surface area contributed by atoms with E-state index < -0.39 is 8.32 Å². The van der Waals surface area contributed by atoms with Crippen LogP contribution in [0.1, 0.15) is 26.7 Å². The van der Waals surface area contributed by atoms with Crippen molar-refractivity contribution in [3.05, 3.63) is 12.3 Å². The minimum atomic E-state index is -1.48. The van der Waals surface area contributed by atoms with Crippen molar-refractivity contribution in [2.75, 3.05) is 6.61 Å². The SMILES string of the molecule is C=C[Si](C)(CCCC)OCC. The lowest BCUT2D eigenvalue weighted by Crippen LogP contribution is -2.31. The molecule has 66 valence electrons. The molecular weight excluding hydrogens is 152 g/mol. The van der Waals surface area contributed by atoms with Crippen molar-refractivity contribution in [3.63, 3.8) is 0 Å². The standard InChI is InChI=1S/C9H20OSi/c1-5-8-9-11(4,7-3)10-6-2/h7H,3,5-6,8-9H2,1-2,4H3. The molecule has 0 aliphatic carbocycles. The number of hydrogen-bond acceptors (Lipinski definition) is 1. The van der Waals surface area contributed by atoms with E-state index in [9.17, 15) is 0 Å². The first kappa shape index (κ1) is 10.9. The van der Waals surface area contributed by atoms with Gasteiger partial charge >= 0.3 is 0 Å². The van der Waals surface area contributed by atoms with Crippen LogP contribution < -0.4 is 0 Å². The summed E-state index contributed by atoms with van der Waals surface area (Å²) in [6.07, 6.45) is 2.53. The first-order valence-corrected chi connectivity index (χ1v) is 7.15. The quantitative estimate of drug-likeness (QED) is 0.559. The van der Waals surface area contributed by atoms with E-state index >= 15 is 0 Å². The molecule has 0 bridgehead atoms. The molecule has 0 spiro atoms. The zero-order chi connectivity index (χ0) is 8.74. The van der Waals surface area contributed by atoms with Gasteiger partial charge in [-0.1, -0.05) is 25.5 Å². The fraction of sp³-hybridized carbons (Fsp3) is 0.778. The maximum Gasteiger partial charge on any atom is 0.213 e. The molecule has 1 nitrogen and oxygen atoms in total. The molecule has 0 heterocycles. The van der Waals surface area contributed by atoms with Gasteiger partial charge in [-0.15, -0.1) is 6.58 Å². The molecule has 0 fully saturated rings. The normalized spacial score (nSPS) is 15.9. The van der Waals surface area contributed by atoms with E-state index in [1.807, 2.05) is 5.70 Å². The molecule has 0 aromatic carbocycles. The fourth-order valence-electron chi connectivity index (χ4n) is 1.09. The lowest BCUT2D eigenvalue weighted by atomic mass is 10.4. The highest BCUT2D eigenvalue weighted by atomic mass is 28.4. The average molecular weight is 172 g/mol. The zero-order valence-corrected chi connectivity index (χ0v) is 9.02. The number of rotatable bonds is 6. The van der Waals surface area contributed by atoms with Gasteiger partial charge in [0.1, 0.15) is 0 Å². The largest absolute Gasteiger partial charge is 0.414 e. The van der Waals surface area contributed by atoms with Crippen molar-refractivity contribution < 1.29 is 4.43 Å². The van der Waals surface area contributed by atoms with E-state index in [2.05, 4.69) is 27.0 Å². The second-order valence-electron chi connectivity index (χ2n) is 3.05. The summed E-state index contributed by atoms with van der Waals surface area (Å²) in [5.41, 5.74) is 2.05. The van der Waals surface area contributed by atoms with Gasteiger partial charge in [0.25, 0.3) is 0 Å². The van der Waals surface area contributed by atoms with E-state index in [-0.39, 0.29) is 0 Å². The molecule has 0 amide bonds. The highest BCUT2D eigenvalue weighted by molar-refractivity contribution is 6.77. The Hall–Kier alpha value is -0.0831. The lowest BCUT2D eigenvalue weighted by Gasteiger charge is -2.22. The molecule has 0 saturated carbocycles. The molecule has 0 aliphatic heterocycles. The molecule has 0 radical (unpaired) electrons. The van der Waals surface area contributed by atoms with Crippen LogP contribution in [0.25, 0.3) is 0 Å². The third-order valence-corrected chi connectivity index (χ3v) is 5.09. The maximum absolute atomic E-state index is 5.70. The van der Waals surface area contributed by atoms with Crippen LogP contribution in [0.2, 0.25) is 12.6 Å². The fourth-order valence-corrected chi connectivity index (χ4v) is 3.27. The molecular formula is C9H20OSi. The van der Waals surface area contributed by atoms with Crippen molar-refractivity contribution in [2.45, 2.75) is 39.3 Å². The first-order valence-electron chi connectivity index (χ1n) is 4.46. The first-order chi connectivity index (χ1) is 5.18. The predicted octanol–water partition coefficient (Wildman–Crippen LogP) is 3.12. The summed E-state index contributed by atoms with van der Waals surface area (Å²) in [5.74, 6) is 0. The topological polar surface area (TPSA) is 9.23 Å². The van der Waals surface area contributed by atoms with Crippen LogP contribution in [0.3, 0.4) is 0 Å². The van der Waals surface area contributed by atoms with Crippen molar-refractivity contribution in [1.82, 2.24) is 0 Å². The Bertz CT molecular complexity index is 114. The van der Waals surface area contributed by atoms with Gasteiger partial charge in [0.15, 0.2) is 0 Å². The number of unbranched alkanes of at least 4 members (excludes halogenated alkanes) is 1. The summed E-state index contributed by atoms with van der Waals surface area (Å²) < 4.78 is 5.70. The van der Waals surface area contributed by atoms with Gasteiger partial charge in [0, 0.05) is 6.61 Å². The van der Waals surface area contributed by atoms with Crippen LogP contribution in [0.15, 0.2) is 12.3 Å². The minimum absolute atomic E-state index is 0.832. The molecule has 0 N–H and O–H groups in total. The van der Waals surface area contributed by atoms with Gasteiger partial charge in [0.05, 0.1) is 0 Å². The Labute approximate surface area is 71.6 Å². The second-order valence-corrected chi connectivity index (χ2v) is 6.88. The van der Waals surface area contributed by atoms with Gasteiger partial charge in [-0.3, -0.25) is 0 Å². The van der Waals surface area contributed by atoms with Crippen molar-refractivity contribution in [3.8, 4) is 0 Å². The van der Waals surface area contributed by atoms with Crippen molar-refractivity contribution in [2.24, 2.45) is 0 Å². The third-order valence-electron chi connectivity index (χ3n) is 1.93. The van der Waals surface area contributed by atoms with Gasteiger partial charge < -0.3 is 4.43 Å². The molecule has 0 rings (SSSR count). The van der Waals surface area contributed by atoms with Crippen LogP contribution in [-0.2, 0) is 4.43 Å². The van der Waals surface area contributed by atoms with E-state index in [0.717, 1.165) is 6.61 Å². The molecule has 1 atom stereocenters. The van der Waals surface area contributed by atoms with Crippen LogP contribution in [0.5, 0.6) is 0 Å². The average Bonchev–Trinajstić information content (AvgIpc) is 2.02. The van der Waals surface area contributed by atoms with Crippen molar-refractivity contribution in [1.29, 1.82) is 0 Å². The lowest BCUT2D eigenvalue weighted by molar-refractivity contribution is 0.332. The van der Waals surface area contributed by atoms with E-state index in [4.69, 9.17) is 4.43 Å². The summed E-state index contributed by atoms with van der Waals surface area (Å²) in [4.78, 5) is 0. The molecule has 0 aromatic heterocycles. The predicted molar refractivity (Wildman–Crippen MR) is 53.2 cm³/mol. The molecule has 2 heteroatoms. The Morgan fingerprint density at radius 3 is 2.45 bits per heavy atom. The van der Waals surface area contributed by atoms with E-state index in [1.54, 1.807) is 0 Å². The minimum Gasteiger partial charge on any atom is -0.414 e. The summed E-state index contributed by atoms with van der Waals surface area (Å²) in [6, 6.07) is 1.22. The van der Waals surface area contributed by atoms with Gasteiger partial charge in [-0.2, -0.15) is 0 Å². The van der Waals surface area contributed by atoms with Crippen LogP contribution in [0, 0.1) is 0 Å². The Balaban J connectivity index is 3.77. The van der Waals surface area contributed by atoms with E-state index in [0.29, 0.717) is 0 Å². The number of hydrogen-bond donors (Lipinski definition) is 0. The summed E-state index contributed by atoms with van der Waals surface area (Å²) in [7, 11) is -1.48. The Morgan fingerprint density at radius 2 is 2.09 bits per heavy atom. The molecule has 1 unspecified atom stereocenters. The second kappa shape index (κ2) is 5.55. The summed E-state index contributed by atoms with van der Waals surface area (Å²) in [5, 5.41) is 0. The Kier molecular flexibility index (Phi) is 5.51. The van der Waals surface area contributed by atoms with E-state index in [1.165, 1.54) is 18.9 Å². The Morgan fingerprint density at radius 1 is 1.45 bits per heavy atom. The monoisotopic (exact) mass is 172 g/mol. The van der Waals surface area contributed by atoms with Gasteiger partial charge in [-0.25, -0.2) is 0 Å². The third kappa shape index (κ3) is 4.38. The highest BCUT2D eigenvalue weighted by Crippen LogP contribution is 2.15. The summed E-state index contributed by atoms with van der Waals surface area (Å²) >= 11 is 0. The highest BCUT2D eigenvalue weighted by Gasteiger charge is 2.22. The molecule has 0 saturated heterocycles. The molecule has 0 aromatic rings. The van der Waals surface area contributed by atoms with Gasteiger partial charge in [-0.05, 0) is 19.5 Å².